The molecule has 0 bridgehead atoms. The van der Waals surface area contributed by atoms with Crippen LogP contribution in [-0.4, -0.2) is 23.7 Å². The molecule has 0 atom stereocenters. The first kappa shape index (κ1) is 11.8. The fraction of sp³-hybridized carbons (Fsp3) is 0.200. The van der Waals surface area contributed by atoms with Crippen molar-refractivity contribution in [2.24, 2.45) is 5.73 Å². The molecule has 1 heterocycles. The van der Waals surface area contributed by atoms with Gasteiger partial charge < -0.3 is 20.9 Å². The molecule has 16 heavy (non-hydrogen) atoms. The van der Waals surface area contributed by atoms with E-state index in [0.29, 0.717) is 0 Å². The third-order valence-corrected chi connectivity index (χ3v) is 1.88. The van der Waals surface area contributed by atoms with E-state index in [-0.39, 0.29) is 24.2 Å². The number of nitrogens with two attached hydrogens (primary N) is 1. The molecule has 0 aliphatic carbocycles. The minimum absolute atomic E-state index is 0.0491. The minimum Gasteiger partial charge on any atom is -0.478 e. The van der Waals surface area contributed by atoms with Crippen LogP contribution >= 0.6 is 0 Å². The lowest BCUT2D eigenvalue weighted by Gasteiger charge is -2.12. The van der Waals surface area contributed by atoms with E-state index in [0.717, 1.165) is 0 Å². The highest BCUT2D eigenvalue weighted by molar-refractivity contribution is 5.94. The number of carboxylic acid groups (broad SMARTS) is 1. The predicted molar refractivity (Wildman–Crippen MR) is 55.8 cm³/mol. The normalized spacial score (nSPS) is 15.0. The van der Waals surface area contributed by atoms with Crippen molar-refractivity contribution in [3.05, 3.63) is 35.8 Å². The Balaban J connectivity index is 2.52. The first-order valence-corrected chi connectivity index (χ1v) is 4.56. The molecule has 0 spiro atoms. The van der Waals surface area contributed by atoms with E-state index in [1.807, 2.05) is 0 Å². The number of esters is 1. The van der Waals surface area contributed by atoms with Crippen molar-refractivity contribution in [2.75, 3.05) is 6.61 Å². The summed E-state index contributed by atoms with van der Waals surface area (Å²) in [5.74, 6) is -1.62. The maximum Gasteiger partial charge on any atom is 0.336 e. The molecule has 6 nitrogen and oxygen atoms in total. The highest BCUT2D eigenvalue weighted by Gasteiger charge is 2.19. The van der Waals surface area contributed by atoms with Crippen LogP contribution in [0.4, 0.5) is 0 Å². The molecule has 1 aliphatic rings. The lowest BCUT2D eigenvalue weighted by atomic mass is 10.1. The number of carbonyl (C=O) groups is 2. The SMILES string of the molecule is NC=CCOC(=O)C1=CNC=C(C(=O)O)C1. The van der Waals surface area contributed by atoms with E-state index in [2.05, 4.69) is 5.32 Å². The van der Waals surface area contributed by atoms with Crippen molar-refractivity contribution in [1.29, 1.82) is 0 Å². The topological polar surface area (TPSA) is 102 Å². The van der Waals surface area contributed by atoms with Gasteiger partial charge >= 0.3 is 11.9 Å². The predicted octanol–water partition coefficient (Wildman–Crippen LogP) is -0.152. The molecular formula is C10H12N2O4. The van der Waals surface area contributed by atoms with Crippen LogP contribution in [0.2, 0.25) is 0 Å². The second kappa shape index (κ2) is 5.59. The molecule has 4 N–H and O–H groups in total. The van der Waals surface area contributed by atoms with Crippen molar-refractivity contribution in [3.8, 4) is 0 Å². The second-order valence-electron chi connectivity index (χ2n) is 3.01. The minimum atomic E-state index is -1.06. The van der Waals surface area contributed by atoms with Crippen molar-refractivity contribution < 1.29 is 19.4 Å². The Bertz CT molecular complexity index is 382. The Kier molecular flexibility index (Phi) is 4.14. The molecule has 6 heteroatoms. The molecule has 86 valence electrons. The fourth-order valence-electron chi connectivity index (χ4n) is 1.09. The first-order valence-electron chi connectivity index (χ1n) is 4.56. The first-order chi connectivity index (χ1) is 7.65. The molecule has 1 aliphatic heterocycles. The van der Waals surface area contributed by atoms with Gasteiger partial charge in [-0.3, -0.25) is 0 Å². The zero-order chi connectivity index (χ0) is 12.0. The number of hydrogen-bond donors (Lipinski definition) is 3. The monoisotopic (exact) mass is 224 g/mol. The van der Waals surface area contributed by atoms with Gasteiger partial charge in [-0.25, -0.2) is 9.59 Å². The van der Waals surface area contributed by atoms with Crippen molar-refractivity contribution in [3.63, 3.8) is 0 Å². The largest absolute Gasteiger partial charge is 0.478 e. The molecule has 0 saturated carbocycles. The van der Waals surface area contributed by atoms with Crippen LogP contribution in [0.25, 0.3) is 0 Å². The number of nitrogens with one attached hydrogen (secondary N) is 1. The van der Waals surface area contributed by atoms with Gasteiger partial charge in [0.15, 0.2) is 0 Å². The molecule has 0 aromatic heterocycles. The number of rotatable bonds is 4. The summed E-state index contributed by atoms with van der Waals surface area (Å²) in [7, 11) is 0. The Morgan fingerprint density at radius 2 is 2.19 bits per heavy atom. The van der Waals surface area contributed by atoms with Crippen LogP contribution in [0.15, 0.2) is 35.8 Å². The third-order valence-electron chi connectivity index (χ3n) is 1.88. The summed E-state index contributed by atoms with van der Waals surface area (Å²) in [6.45, 7) is 0.0682. The van der Waals surface area contributed by atoms with Gasteiger partial charge in [0, 0.05) is 18.8 Å². The maximum atomic E-state index is 11.4. The summed E-state index contributed by atoms with van der Waals surface area (Å²) in [6.07, 6.45) is 5.54. The summed E-state index contributed by atoms with van der Waals surface area (Å²) in [5.41, 5.74) is 5.45. The fourth-order valence-corrected chi connectivity index (χ4v) is 1.09. The van der Waals surface area contributed by atoms with Crippen LogP contribution < -0.4 is 11.1 Å². The lowest BCUT2D eigenvalue weighted by Crippen LogP contribution is -2.18. The molecule has 0 aromatic carbocycles. The highest BCUT2D eigenvalue weighted by atomic mass is 16.5. The summed E-state index contributed by atoms with van der Waals surface area (Å²) < 4.78 is 4.82. The standard InChI is InChI=1S/C10H12N2O4/c11-2-1-3-16-10(15)8-4-7(9(13)14)5-12-6-8/h1-2,5-6,12H,3-4,11H2,(H,13,14). The highest BCUT2D eigenvalue weighted by Crippen LogP contribution is 2.15. The molecule has 0 saturated heterocycles. The Morgan fingerprint density at radius 3 is 2.81 bits per heavy atom. The Morgan fingerprint density at radius 1 is 1.50 bits per heavy atom. The van der Waals surface area contributed by atoms with Gasteiger partial charge in [0.25, 0.3) is 0 Å². The number of dihydropyridines is 1. The van der Waals surface area contributed by atoms with Gasteiger partial charge in [0.2, 0.25) is 0 Å². The van der Waals surface area contributed by atoms with Gasteiger partial charge in [-0.05, 0) is 12.3 Å². The van der Waals surface area contributed by atoms with Crippen LogP contribution in [0.1, 0.15) is 6.42 Å². The molecular weight excluding hydrogens is 212 g/mol. The number of aliphatic carboxylic acids is 1. The number of hydrogen-bond acceptors (Lipinski definition) is 5. The van der Waals surface area contributed by atoms with Gasteiger partial charge in [0.1, 0.15) is 6.61 Å². The van der Waals surface area contributed by atoms with Crippen molar-refractivity contribution in [2.45, 2.75) is 6.42 Å². The van der Waals surface area contributed by atoms with E-state index in [9.17, 15) is 9.59 Å². The van der Waals surface area contributed by atoms with E-state index < -0.39 is 11.9 Å². The summed E-state index contributed by atoms with van der Waals surface area (Å²) in [4.78, 5) is 22.1. The van der Waals surface area contributed by atoms with E-state index >= 15 is 0 Å². The number of ether oxygens (including phenoxy) is 1. The van der Waals surface area contributed by atoms with Gasteiger partial charge in [-0.15, -0.1) is 0 Å². The van der Waals surface area contributed by atoms with E-state index in [1.165, 1.54) is 24.7 Å². The molecule has 0 fully saturated rings. The van der Waals surface area contributed by atoms with Gasteiger partial charge in [-0.2, -0.15) is 0 Å². The van der Waals surface area contributed by atoms with Crippen LogP contribution in [0.5, 0.6) is 0 Å². The quantitative estimate of drug-likeness (QED) is 0.574. The van der Waals surface area contributed by atoms with Crippen LogP contribution in [0, 0.1) is 0 Å². The number of carboxylic acids is 1. The third kappa shape index (κ3) is 3.16. The zero-order valence-electron chi connectivity index (χ0n) is 8.47. The number of carbonyl (C=O) groups excluding carboxylic acids is 1. The van der Waals surface area contributed by atoms with Crippen molar-refractivity contribution >= 4 is 11.9 Å². The molecule has 1 rings (SSSR count). The summed E-state index contributed by atoms with van der Waals surface area (Å²) in [5, 5.41) is 11.3. The Labute approximate surface area is 92.1 Å². The average Bonchev–Trinajstić information content (AvgIpc) is 2.29. The summed E-state index contributed by atoms with van der Waals surface area (Å²) >= 11 is 0. The molecule has 0 amide bonds. The zero-order valence-corrected chi connectivity index (χ0v) is 8.47. The van der Waals surface area contributed by atoms with Crippen molar-refractivity contribution in [1.82, 2.24) is 5.32 Å². The van der Waals surface area contributed by atoms with Gasteiger partial charge in [-0.1, -0.05) is 0 Å². The molecule has 0 unspecified atom stereocenters. The van der Waals surface area contributed by atoms with E-state index in [1.54, 1.807) is 0 Å². The van der Waals surface area contributed by atoms with Crippen LogP contribution in [0.3, 0.4) is 0 Å². The smallest absolute Gasteiger partial charge is 0.336 e. The summed E-state index contributed by atoms with van der Waals surface area (Å²) in [6, 6.07) is 0. The van der Waals surface area contributed by atoms with Gasteiger partial charge in [0.05, 0.1) is 11.1 Å². The van der Waals surface area contributed by atoms with E-state index in [4.69, 9.17) is 15.6 Å². The molecule has 0 radical (unpaired) electrons. The average molecular weight is 224 g/mol. The van der Waals surface area contributed by atoms with Crippen LogP contribution in [-0.2, 0) is 14.3 Å². The lowest BCUT2D eigenvalue weighted by molar-refractivity contribution is -0.138. The molecule has 0 aromatic rings. The Hall–Kier alpha value is -2.24. The second-order valence-corrected chi connectivity index (χ2v) is 3.01. The maximum absolute atomic E-state index is 11.4.